The number of phosphoric acid groups is 2. The second-order valence-corrected chi connectivity index (χ2v) is 34.1. The van der Waals surface area contributed by atoms with E-state index in [1.807, 2.05) is 0 Å². The molecule has 0 bridgehead atoms. The van der Waals surface area contributed by atoms with Gasteiger partial charge in [-0.25, -0.2) is 9.13 Å². The molecule has 19 heteroatoms. The fourth-order valence-electron chi connectivity index (χ4n) is 13.1. The van der Waals surface area contributed by atoms with Crippen LogP contribution in [-0.2, 0) is 65.4 Å². The third-order valence-corrected chi connectivity index (χ3v) is 21.6. The van der Waals surface area contributed by atoms with Crippen LogP contribution in [0.2, 0.25) is 0 Å². The van der Waals surface area contributed by atoms with Gasteiger partial charge in [-0.1, -0.05) is 395 Å². The molecule has 0 aliphatic carbocycles. The Morgan fingerprint density at radius 3 is 0.660 bits per heavy atom. The normalized spacial score (nSPS) is 13.9. The molecular formula is C84H164O17P2. The first-order valence-electron chi connectivity index (χ1n) is 43.5. The summed E-state index contributed by atoms with van der Waals surface area (Å²) in [6.45, 7) is 9.67. The van der Waals surface area contributed by atoms with E-state index in [-0.39, 0.29) is 25.7 Å². The molecule has 103 heavy (non-hydrogen) atoms. The number of ether oxygens (including phenoxy) is 4. The summed E-state index contributed by atoms with van der Waals surface area (Å²) in [5, 5.41) is 10.7. The standard InChI is InChI=1S/C84H164O17P2/c1-7-9-11-13-15-17-19-21-23-24-25-29-33-36-42-48-54-60-66-81(86)94-72-79(100-84(89)69-63-57-51-44-38-34-30-27-26-28-31-35-40-46-52-58-64-76(3)4)74-98-102(90,91)96-70-78(85)71-97-103(92,93)99-75-80(73-95-82(87)67-61-55-49-45-39-41-47-53-59-65-77(5)6)101-83(88)68-62-56-50-43-37-32-22-20-18-16-14-12-10-8-2/h76-80,85H,7-75H2,1-6H3,(H,90,91)(H,92,93)/t78-,79-,80-/m1/s1. The Morgan fingerprint density at radius 1 is 0.262 bits per heavy atom. The lowest BCUT2D eigenvalue weighted by Crippen LogP contribution is -2.30. The molecule has 0 rings (SSSR count). The van der Waals surface area contributed by atoms with Gasteiger partial charge in [0.2, 0.25) is 0 Å². The number of phosphoric ester groups is 2. The van der Waals surface area contributed by atoms with Crippen molar-refractivity contribution in [3.8, 4) is 0 Å². The highest BCUT2D eigenvalue weighted by atomic mass is 31.2. The fourth-order valence-corrected chi connectivity index (χ4v) is 14.6. The van der Waals surface area contributed by atoms with Crippen molar-refractivity contribution in [3.63, 3.8) is 0 Å². The Morgan fingerprint density at radius 2 is 0.447 bits per heavy atom. The van der Waals surface area contributed by atoms with Gasteiger partial charge in [0, 0.05) is 25.7 Å². The second kappa shape index (κ2) is 75.5. The van der Waals surface area contributed by atoms with Crippen molar-refractivity contribution in [1.29, 1.82) is 0 Å². The predicted molar refractivity (Wildman–Crippen MR) is 423 cm³/mol. The monoisotopic (exact) mass is 1510 g/mol. The molecule has 0 aromatic carbocycles. The molecule has 0 aliphatic rings. The molecule has 17 nitrogen and oxygen atoms in total. The Hall–Kier alpha value is -1.94. The van der Waals surface area contributed by atoms with Crippen molar-refractivity contribution >= 4 is 39.5 Å². The van der Waals surface area contributed by atoms with E-state index in [4.69, 9.17) is 37.0 Å². The SMILES string of the molecule is CCCCCCCCCCCCCCCCCCCCC(=O)OC[C@H](COP(=O)(O)OC[C@@H](O)COP(=O)(O)OC[C@@H](COC(=O)CCCCCCCCCCCC(C)C)OC(=O)CCCCCCCCCCCCCCCC)OC(=O)CCCCCCCCCCCCCCCCCCC(C)C. The first kappa shape index (κ1) is 101. The summed E-state index contributed by atoms with van der Waals surface area (Å²) in [6.07, 6.45) is 66.6. The lowest BCUT2D eigenvalue weighted by molar-refractivity contribution is -0.161. The van der Waals surface area contributed by atoms with Crippen molar-refractivity contribution in [2.24, 2.45) is 11.8 Å². The van der Waals surface area contributed by atoms with Crippen LogP contribution in [0.15, 0.2) is 0 Å². The summed E-state index contributed by atoms with van der Waals surface area (Å²) in [4.78, 5) is 73.2. The van der Waals surface area contributed by atoms with E-state index in [2.05, 4.69) is 41.5 Å². The van der Waals surface area contributed by atoms with Crippen molar-refractivity contribution < 1.29 is 80.2 Å². The van der Waals surface area contributed by atoms with E-state index in [0.29, 0.717) is 25.7 Å². The number of carbonyl (C=O) groups excluding carboxylic acids is 4. The topological polar surface area (TPSA) is 237 Å². The highest BCUT2D eigenvalue weighted by molar-refractivity contribution is 7.47. The second-order valence-electron chi connectivity index (χ2n) is 31.2. The first-order chi connectivity index (χ1) is 49.9. The Balaban J connectivity index is 5.25. The third-order valence-electron chi connectivity index (χ3n) is 19.7. The highest BCUT2D eigenvalue weighted by Gasteiger charge is 2.30. The number of unbranched alkanes of at least 4 members (excludes halogenated alkanes) is 53. The minimum atomic E-state index is -4.96. The lowest BCUT2D eigenvalue weighted by Gasteiger charge is -2.21. The quantitative estimate of drug-likeness (QED) is 0.0222. The maximum atomic E-state index is 13.1. The number of aliphatic hydroxyl groups excluding tert-OH is 1. The first-order valence-corrected chi connectivity index (χ1v) is 46.5. The van der Waals surface area contributed by atoms with E-state index in [1.165, 1.54) is 263 Å². The summed E-state index contributed by atoms with van der Waals surface area (Å²) < 4.78 is 68.9. The molecule has 0 spiro atoms. The van der Waals surface area contributed by atoms with E-state index in [0.717, 1.165) is 102 Å². The summed E-state index contributed by atoms with van der Waals surface area (Å²) in [5.41, 5.74) is 0. The average Bonchev–Trinajstić information content (AvgIpc) is 0.928. The number of rotatable bonds is 83. The van der Waals surface area contributed by atoms with Crippen LogP contribution in [0.1, 0.15) is 446 Å². The summed E-state index contributed by atoms with van der Waals surface area (Å²) >= 11 is 0. The summed E-state index contributed by atoms with van der Waals surface area (Å²) in [5.74, 6) is -0.550. The molecule has 0 aromatic heterocycles. The van der Waals surface area contributed by atoms with Crippen LogP contribution < -0.4 is 0 Å². The zero-order valence-electron chi connectivity index (χ0n) is 67.6. The molecule has 0 amide bonds. The van der Waals surface area contributed by atoms with Crippen LogP contribution in [-0.4, -0.2) is 96.7 Å². The molecule has 2 unspecified atom stereocenters. The van der Waals surface area contributed by atoms with Gasteiger partial charge in [0.05, 0.1) is 26.4 Å². The molecule has 0 fully saturated rings. The molecule has 0 saturated carbocycles. The molecule has 0 saturated heterocycles. The number of hydrogen-bond acceptors (Lipinski definition) is 15. The van der Waals surface area contributed by atoms with Crippen molar-refractivity contribution in [3.05, 3.63) is 0 Å². The minimum Gasteiger partial charge on any atom is -0.462 e. The van der Waals surface area contributed by atoms with Gasteiger partial charge in [-0.05, 0) is 37.5 Å². The van der Waals surface area contributed by atoms with Gasteiger partial charge < -0.3 is 33.8 Å². The number of carbonyl (C=O) groups is 4. The zero-order chi connectivity index (χ0) is 75.6. The highest BCUT2D eigenvalue weighted by Crippen LogP contribution is 2.45. The maximum Gasteiger partial charge on any atom is 0.472 e. The molecule has 3 N–H and O–H groups in total. The summed E-state index contributed by atoms with van der Waals surface area (Å²) in [6, 6.07) is 0. The van der Waals surface area contributed by atoms with Crippen molar-refractivity contribution in [1.82, 2.24) is 0 Å². The molecule has 0 heterocycles. The van der Waals surface area contributed by atoms with Crippen LogP contribution in [0.5, 0.6) is 0 Å². The van der Waals surface area contributed by atoms with Gasteiger partial charge in [0.25, 0.3) is 0 Å². The van der Waals surface area contributed by atoms with Gasteiger partial charge in [-0.3, -0.25) is 37.3 Å². The average molecular weight is 1510 g/mol. The molecule has 0 aliphatic heterocycles. The number of aliphatic hydroxyl groups is 1. The molecule has 612 valence electrons. The van der Waals surface area contributed by atoms with Gasteiger partial charge in [0.1, 0.15) is 19.3 Å². The van der Waals surface area contributed by atoms with Crippen molar-refractivity contribution in [2.45, 2.75) is 464 Å². The van der Waals surface area contributed by atoms with Crippen molar-refractivity contribution in [2.75, 3.05) is 39.6 Å². The van der Waals surface area contributed by atoms with E-state index < -0.39 is 97.5 Å². The minimum absolute atomic E-state index is 0.108. The molecule has 0 aromatic rings. The Bertz CT molecular complexity index is 1980. The van der Waals surface area contributed by atoms with Gasteiger partial charge in [-0.2, -0.15) is 0 Å². The predicted octanol–water partition coefficient (Wildman–Crippen LogP) is 25.5. The van der Waals surface area contributed by atoms with Crippen LogP contribution >= 0.6 is 15.6 Å². The van der Waals surface area contributed by atoms with Crippen LogP contribution in [0, 0.1) is 11.8 Å². The molecule has 5 atom stereocenters. The smallest absolute Gasteiger partial charge is 0.462 e. The zero-order valence-corrected chi connectivity index (χ0v) is 69.4. The largest absolute Gasteiger partial charge is 0.472 e. The number of hydrogen-bond donors (Lipinski definition) is 3. The maximum absolute atomic E-state index is 13.1. The van der Waals surface area contributed by atoms with Gasteiger partial charge >= 0.3 is 39.5 Å². The summed E-state index contributed by atoms with van der Waals surface area (Å²) in [7, 11) is -9.93. The van der Waals surface area contributed by atoms with Gasteiger partial charge in [-0.15, -0.1) is 0 Å². The van der Waals surface area contributed by atoms with Crippen LogP contribution in [0.4, 0.5) is 0 Å². The fraction of sp³-hybridized carbons (Fsp3) is 0.952. The van der Waals surface area contributed by atoms with Gasteiger partial charge in [0.15, 0.2) is 12.2 Å². The van der Waals surface area contributed by atoms with Crippen LogP contribution in [0.3, 0.4) is 0 Å². The Kier molecular flexibility index (Phi) is 74.1. The van der Waals surface area contributed by atoms with E-state index in [9.17, 15) is 43.2 Å². The van der Waals surface area contributed by atoms with E-state index in [1.54, 1.807) is 0 Å². The Labute approximate surface area is 632 Å². The number of esters is 4. The lowest BCUT2D eigenvalue weighted by atomic mass is 10.0. The molecular weight excluding hydrogens is 1340 g/mol. The van der Waals surface area contributed by atoms with E-state index >= 15 is 0 Å². The van der Waals surface area contributed by atoms with Crippen LogP contribution in [0.25, 0.3) is 0 Å². The third kappa shape index (κ3) is 78.0. The molecule has 0 radical (unpaired) electrons.